The van der Waals surface area contributed by atoms with E-state index in [1.165, 1.54) is 15.4 Å². The van der Waals surface area contributed by atoms with Crippen LogP contribution in [0.2, 0.25) is 0 Å². The number of aryl methyl sites for hydroxylation is 1. The van der Waals surface area contributed by atoms with Crippen LogP contribution < -0.4 is 0 Å². The van der Waals surface area contributed by atoms with Gasteiger partial charge in [-0.05, 0) is 37.3 Å². The average Bonchev–Trinajstić information content (AvgIpc) is 3.23. The number of benzene rings is 1. The first kappa shape index (κ1) is 16.1. The van der Waals surface area contributed by atoms with Gasteiger partial charge >= 0.3 is 0 Å². The second kappa shape index (κ2) is 5.56. The fraction of sp³-hybridized carbons (Fsp3) is 0.611. The summed E-state index contributed by atoms with van der Waals surface area (Å²) in [6.07, 6.45) is 3.10. The lowest BCUT2D eigenvalue weighted by molar-refractivity contribution is -0.134. The molecular formula is C18H24N2O3S. The second-order valence-electron chi connectivity index (χ2n) is 7.19. The fourth-order valence-corrected chi connectivity index (χ4v) is 5.59. The number of amides is 1. The molecule has 0 unspecified atom stereocenters. The van der Waals surface area contributed by atoms with Crippen LogP contribution in [0, 0.1) is 5.92 Å². The van der Waals surface area contributed by atoms with Crippen molar-refractivity contribution in [3.8, 4) is 0 Å². The predicted octanol–water partition coefficient (Wildman–Crippen LogP) is 1.38. The zero-order valence-electron chi connectivity index (χ0n) is 14.1. The van der Waals surface area contributed by atoms with Crippen LogP contribution in [0.4, 0.5) is 0 Å². The molecule has 2 aliphatic carbocycles. The van der Waals surface area contributed by atoms with E-state index in [2.05, 4.69) is 24.3 Å². The SMILES string of the molecule is CCS(=O)(=O)N1CCN(C(=O)[C@@H]2C[C@]23CCc2ccccc23)CC1. The number of carbonyl (C=O) groups is 1. The molecule has 1 saturated heterocycles. The number of hydrogen-bond acceptors (Lipinski definition) is 3. The zero-order chi connectivity index (χ0) is 16.9. The molecule has 1 spiro atoms. The van der Waals surface area contributed by atoms with E-state index >= 15 is 0 Å². The van der Waals surface area contributed by atoms with Gasteiger partial charge in [0, 0.05) is 37.5 Å². The first-order valence-corrected chi connectivity index (χ1v) is 10.4. The summed E-state index contributed by atoms with van der Waals surface area (Å²) in [5, 5.41) is 0. The summed E-state index contributed by atoms with van der Waals surface area (Å²) in [6.45, 7) is 3.56. The van der Waals surface area contributed by atoms with E-state index in [0.29, 0.717) is 26.2 Å². The lowest BCUT2D eigenvalue weighted by Crippen LogP contribution is -2.51. The smallest absolute Gasteiger partial charge is 0.226 e. The Kier molecular flexibility index (Phi) is 3.73. The highest BCUT2D eigenvalue weighted by atomic mass is 32.2. The highest BCUT2D eigenvalue weighted by Crippen LogP contribution is 2.61. The standard InChI is InChI=1S/C18H24N2O3S/c1-2-24(22,23)20-11-9-19(10-12-20)17(21)16-13-18(16)8-7-14-5-3-4-6-15(14)18/h3-6,16H,2,7-13H2,1H3/t16-,18-/m0/s1. The summed E-state index contributed by atoms with van der Waals surface area (Å²) in [5.41, 5.74) is 2.84. The molecule has 1 heterocycles. The van der Waals surface area contributed by atoms with Crippen LogP contribution in [0.15, 0.2) is 24.3 Å². The molecule has 4 rings (SSSR count). The van der Waals surface area contributed by atoms with Gasteiger partial charge in [0.05, 0.1) is 5.75 Å². The van der Waals surface area contributed by atoms with Gasteiger partial charge < -0.3 is 4.90 Å². The van der Waals surface area contributed by atoms with Gasteiger partial charge in [-0.25, -0.2) is 8.42 Å². The summed E-state index contributed by atoms with van der Waals surface area (Å²) in [7, 11) is -3.14. The highest BCUT2D eigenvalue weighted by Gasteiger charge is 2.62. The Morgan fingerprint density at radius 3 is 2.62 bits per heavy atom. The largest absolute Gasteiger partial charge is 0.340 e. The monoisotopic (exact) mass is 348 g/mol. The molecule has 1 amide bonds. The number of nitrogens with zero attached hydrogens (tertiary/aromatic N) is 2. The molecule has 3 aliphatic rings. The summed E-state index contributed by atoms with van der Waals surface area (Å²) >= 11 is 0. The van der Waals surface area contributed by atoms with Crippen LogP contribution in [0.5, 0.6) is 0 Å². The first-order chi connectivity index (χ1) is 11.5. The molecule has 0 aromatic heterocycles. The Morgan fingerprint density at radius 2 is 1.92 bits per heavy atom. The van der Waals surface area contributed by atoms with E-state index in [-0.39, 0.29) is 23.0 Å². The minimum atomic E-state index is -3.14. The van der Waals surface area contributed by atoms with Crippen molar-refractivity contribution >= 4 is 15.9 Å². The van der Waals surface area contributed by atoms with Crippen molar-refractivity contribution in [3.63, 3.8) is 0 Å². The molecule has 6 heteroatoms. The van der Waals surface area contributed by atoms with E-state index in [1.54, 1.807) is 6.92 Å². The van der Waals surface area contributed by atoms with E-state index in [0.717, 1.165) is 19.3 Å². The molecule has 1 aromatic carbocycles. The molecule has 130 valence electrons. The number of rotatable bonds is 3. The van der Waals surface area contributed by atoms with Crippen molar-refractivity contribution in [3.05, 3.63) is 35.4 Å². The molecule has 0 bridgehead atoms. The van der Waals surface area contributed by atoms with Gasteiger partial charge in [-0.3, -0.25) is 4.79 Å². The van der Waals surface area contributed by atoms with E-state index in [4.69, 9.17) is 0 Å². The van der Waals surface area contributed by atoms with Crippen LogP contribution in [0.25, 0.3) is 0 Å². The summed E-state index contributed by atoms with van der Waals surface area (Å²) in [6, 6.07) is 8.50. The fourth-order valence-electron chi connectivity index (χ4n) is 4.51. The van der Waals surface area contributed by atoms with Crippen molar-refractivity contribution in [1.29, 1.82) is 0 Å². The maximum absolute atomic E-state index is 12.9. The van der Waals surface area contributed by atoms with Crippen molar-refractivity contribution < 1.29 is 13.2 Å². The molecule has 2 atom stereocenters. The molecule has 0 radical (unpaired) electrons. The third-order valence-electron chi connectivity index (χ3n) is 6.08. The number of hydrogen-bond donors (Lipinski definition) is 0. The zero-order valence-corrected chi connectivity index (χ0v) is 14.9. The van der Waals surface area contributed by atoms with Crippen LogP contribution in [-0.2, 0) is 26.7 Å². The van der Waals surface area contributed by atoms with Gasteiger partial charge in [0.25, 0.3) is 0 Å². The second-order valence-corrected chi connectivity index (χ2v) is 9.45. The lowest BCUT2D eigenvalue weighted by atomic mass is 9.95. The van der Waals surface area contributed by atoms with E-state index in [1.807, 2.05) is 4.90 Å². The Morgan fingerprint density at radius 1 is 1.21 bits per heavy atom. The van der Waals surface area contributed by atoms with E-state index < -0.39 is 10.0 Å². The molecule has 2 fully saturated rings. The van der Waals surface area contributed by atoms with Crippen molar-refractivity contribution in [2.24, 2.45) is 5.92 Å². The summed E-state index contributed by atoms with van der Waals surface area (Å²) in [4.78, 5) is 14.8. The molecule has 1 aromatic rings. The molecule has 1 saturated carbocycles. The van der Waals surface area contributed by atoms with Gasteiger partial charge in [-0.2, -0.15) is 4.31 Å². The average molecular weight is 348 g/mol. The van der Waals surface area contributed by atoms with Crippen LogP contribution in [0.1, 0.15) is 30.9 Å². The number of fused-ring (bicyclic) bond motifs is 2. The molecule has 1 aliphatic heterocycles. The van der Waals surface area contributed by atoms with Gasteiger partial charge in [0.15, 0.2) is 0 Å². The van der Waals surface area contributed by atoms with Gasteiger partial charge in [0.1, 0.15) is 0 Å². The van der Waals surface area contributed by atoms with Crippen molar-refractivity contribution in [2.45, 2.75) is 31.6 Å². The normalized spacial score (nSPS) is 29.7. The summed E-state index contributed by atoms with van der Waals surface area (Å²) in [5.74, 6) is 0.444. The predicted molar refractivity (Wildman–Crippen MR) is 92.2 cm³/mol. The third kappa shape index (κ3) is 2.39. The molecule has 5 nitrogen and oxygen atoms in total. The number of piperazine rings is 1. The van der Waals surface area contributed by atoms with E-state index in [9.17, 15) is 13.2 Å². The van der Waals surface area contributed by atoms with Crippen LogP contribution in [-0.4, -0.2) is 55.5 Å². The Hall–Kier alpha value is -1.40. The highest BCUT2D eigenvalue weighted by molar-refractivity contribution is 7.89. The maximum atomic E-state index is 12.9. The van der Waals surface area contributed by atoms with Gasteiger partial charge in [-0.15, -0.1) is 0 Å². The van der Waals surface area contributed by atoms with Crippen LogP contribution >= 0.6 is 0 Å². The Bertz CT molecular complexity index is 768. The Labute approximate surface area is 143 Å². The quantitative estimate of drug-likeness (QED) is 0.829. The molecular weight excluding hydrogens is 324 g/mol. The lowest BCUT2D eigenvalue weighted by Gasteiger charge is -2.34. The summed E-state index contributed by atoms with van der Waals surface area (Å²) < 4.78 is 25.4. The van der Waals surface area contributed by atoms with Gasteiger partial charge in [0.2, 0.25) is 15.9 Å². The topological polar surface area (TPSA) is 57.7 Å². The number of sulfonamides is 1. The third-order valence-corrected chi connectivity index (χ3v) is 7.96. The number of carbonyl (C=O) groups excluding carboxylic acids is 1. The molecule has 24 heavy (non-hydrogen) atoms. The minimum Gasteiger partial charge on any atom is -0.340 e. The first-order valence-electron chi connectivity index (χ1n) is 8.83. The Balaban J connectivity index is 1.43. The van der Waals surface area contributed by atoms with Crippen LogP contribution in [0.3, 0.4) is 0 Å². The van der Waals surface area contributed by atoms with Crippen molar-refractivity contribution in [2.75, 3.05) is 31.9 Å². The van der Waals surface area contributed by atoms with Gasteiger partial charge in [-0.1, -0.05) is 24.3 Å². The van der Waals surface area contributed by atoms with Crippen molar-refractivity contribution in [1.82, 2.24) is 9.21 Å². The maximum Gasteiger partial charge on any atom is 0.226 e. The minimum absolute atomic E-state index is 0.0697. The molecule has 0 N–H and O–H groups in total.